The number of hydrogen-bond donors (Lipinski definition) is 2. The molecule has 27 heavy (non-hydrogen) atoms. The summed E-state index contributed by atoms with van der Waals surface area (Å²) in [7, 11) is 1.46. The molecule has 0 unspecified atom stereocenters. The number of carbonyl (C=O) groups excluding carboxylic acids is 1. The molecule has 6 rings (SSSR count). The highest BCUT2D eigenvalue weighted by atomic mass is 16.5. The van der Waals surface area contributed by atoms with Crippen LogP contribution in [0.25, 0.3) is 0 Å². The maximum absolute atomic E-state index is 12.7. The molecule has 0 aromatic carbocycles. The summed E-state index contributed by atoms with van der Waals surface area (Å²) in [5, 5.41) is 24.6. The van der Waals surface area contributed by atoms with Crippen molar-refractivity contribution in [3.8, 4) is 0 Å². The topological polar surface area (TPSA) is 70.0 Å². The SMILES string of the molecule is COC(=O)[C@@H]1C[C@@]23C4=C(CC[C@H]5CN6C[C@H](C)[C@@H](C=C[C@@]52O)[C@]63O)CC[C@@H]41. The second-order valence-electron chi connectivity index (χ2n) is 9.96. The van der Waals surface area contributed by atoms with Crippen LogP contribution in [0.15, 0.2) is 23.3 Å². The fraction of sp³-hybridized carbons (Fsp3) is 0.773. The van der Waals surface area contributed by atoms with Gasteiger partial charge < -0.3 is 14.9 Å². The number of methoxy groups -OCH3 is 1. The van der Waals surface area contributed by atoms with Crippen molar-refractivity contribution >= 4 is 5.97 Å². The number of nitrogens with zero attached hydrogens (tertiary/aromatic N) is 1. The molecule has 1 spiro atoms. The first kappa shape index (κ1) is 16.8. The van der Waals surface area contributed by atoms with Gasteiger partial charge in [-0.3, -0.25) is 9.69 Å². The smallest absolute Gasteiger partial charge is 0.309 e. The fourth-order valence-electron chi connectivity index (χ4n) is 8.40. The van der Waals surface area contributed by atoms with Gasteiger partial charge in [0.25, 0.3) is 0 Å². The standard InChI is InChI=1S/C22H29NO4/c1-12-10-23-11-14-5-3-13-4-6-15-16(19(24)27-2)9-20(18(13)15)21(14,25)8-7-17(12)22(20,23)26/h7-8,12,14-17,25-26H,3-6,9-11H2,1-2H3/t12-,14-,15+,16+,17+,20+,21+,22+/m0/s1. The molecule has 146 valence electrons. The monoisotopic (exact) mass is 371 g/mol. The van der Waals surface area contributed by atoms with E-state index in [2.05, 4.69) is 17.9 Å². The van der Waals surface area contributed by atoms with Crippen molar-refractivity contribution in [2.75, 3.05) is 20.2 Å². The first-order valence-corrected chi connectivity index (χ1v) is 10.6. The lowest BCUT2D eigenvalue weighted by atomic mass is 9.49. The van der Waals surface area contributed by atoms with Gasteiger partial charge in [0.15, 0.2) is 0 Å². The van der Waals surface area contributed by atoms with Crippen molar-refractivity contribution < 1.29 is 19.7 Å². The third kappa shape index (κ3) is 1.53. The van der Waals surface area contributed by atoms with Crippen LogP contribution in [0.4, 0.5) is 0 Å². The quantitative estimate of drug-likeness (QED) is 0.544. The van der Waals surface area contributed by atoms with Crippen LogP contribution in [-0.4, -0.2) is 52.6 Å². The molecule has 2 aliphatic heterocycles. The minimum atomic E-state index is -1.09. The van der Waals surface area contributed by atoms with E-state index in [0.29, 0.717) is 12.3 Å². The Morgan fingerprint density at radius 3 is 2.81 bits per heavy atom. The number of piperidine rings is 1. The molecular weight excluding hydrogens is 342 g/mol. The molecule has 5 heteroatoms. The van der Waals surface area contributed by atoms with Crippen LogP contribution in [0.1, 0.15) is 39.0 Å². The summed E-state index contributed by atoms with van der Waals surface area (Å²) in [5.41, 5.74) is -0.280. The van der Waals surface area contributed by atoms with E-state index in [1.165, 1.54) is 18.3 Å². The lowest BCUT2D eigenvalue weighted by molar-refractivity contribution is -0.284. The van der Waals surface area contributed by atoms with E-state index in [9.17, 15) is 15.0 Å². The van der Waals surface area contributed by atoms with Crippen LogP contribution in [0.3, 0.4) is 0 Å². The van der Waals surface area contributed by atoms with Crippen molar-refractivity contribution in [2.24, 2.45) is 35.0 Å². The Labute approximate surface area is 160 Å². The number of ether oxygens (including phenoxy) is 1. The van der Waals surface area contributed by atoms with Gasteiger partial charge in [0.1, 0.15) is 11.3 Å². The Morgan fingerprint density at radius 2 is 2.04 bits per heavy atom. The van der Waals surface area contributed by atoms with Crippen LogP contribution in [-0.2, 0) is 9.53 Å². The zero-order valence-corrected chi connectivity index (χ0v) is 16.1. The summed E-state index contributed by atoms with van der Waals surface area (Å²) in [5.74, 6) is 0.130. The van der Waals surface area contributed by atoms with E-state index in [1.54, 1.807) is 0 Å². The molecule has 0 radical (unpaired) electrons. The van der Waals surface area contributed by atoms with Crippen LogP contribution < -0.4 is 0 Å². The van der Waals surface area contributed by atoms with Crippen LogP contribution in [0.2, 0.25) is 0 Å². The molecule has 2 N–H and O–H groups in total. The second kappa shape index (κ2) is 4.87. The van der Waals surface area contributed by atoms with Gasteiger partial charge in [-0.1, -0.05) is 30.2 Å². The first-order chi connectivity index (χ1) is 12.9. The van der Waals surface area contributed by atoms with E-state index >= 15 is 0 Å². The van der Waals surface area contributed by atoms with Crippen molar-refractivity contribution in [3.63, 3.8) is 0 Å². The van der Waals surface area contributed by atoms with Gasteiger partial charge >= 0.3 is 5.97 Å². The Kier molecular flexibility index (Phi) is 3.02. The number of rotatable bonds is 1. The van der Waals surface area contributed by atoms with Gasteiger partial charge in [-0.2, -0.15) is 0 Å². The molecule has 3 fully saturated rings. The number of esters is 1. The molecule has 2 saturated heterocycles. The molecular formula is C22H29NO4. The predicted octanol–water partition coefficient (Wildman–Crippen LogP) is 1.85. The van der Waals surface area contributed by atoms with Gasteiger partial charge in [-0.15, -0.1) is 0 Å². The number of hydrogen-bond acceptors (Lipinski definition) is 5. The van der Waals surface area contributed by atoms with Crippen molar-refractivity contribution in [2.45, 2.75) is 50.4 Å². The highest BCUT2D eigenvalue weighted by Crippen LogP contribution is 2.75. The summed E-state index contributed by atoms with van der Waals surface area (Å²) in [6.45, 7) is 3.81. The average Bonchev–Trinajstić information content (AvgIpc) is 3.26. The summed E-state index contributed by atoms with van der Waals surface area (Å²) >= 11 is 0. The summed E-state index contributed by atoms with van der Waals surface area (Å²) in [6.07, 6.45) is 8.53. The first-order valence-electron chi connectivity index (χ1n) is 10.6. The Hall–Kier alpha value is -1.17. The van der Waals surface area contributed by atoms with Crippen LogP contribution >= 0.6 is 0 Å². The molecule has 2 heterocycles. The second-order valence-corrected chi connectivity index (χ2v) is 9.96. The normalized spacial score (nSPS) is 54.9. The zero-order chi connectivity index (χ0) is 18.8. The molecule has 1 saturated carbocycles. The lowest BCUT2D eigenvalue weighted by Gasteiger charge is -2.65. The summed E-state index contributed by atoms with van der Waals surface area (Å²) < 4.78 is 5.18. The largest absolute Gasteiger partial charge is 0.469 e. The Bertz CT molecular complexity index is 804. The van der Waals surface area contributed by atoms with Gasteiger partial charge in [-0.05, 0) is 43.9 Å². The van der Waals surface area contributed by atoms with Crippen LogP contribution in [0, 0.1) is 35.0 Å². The highest BCUT2D eigenvalue weighted by Gasteiger charge is 2.80. The molecule has 0 aromatic heterocycles. The maximum Gasteiger partial charge on any atom is 0.309 e. The third-order valence-corrected chi connectivity index (χ3v) is 9.28. The summed E-state index contributed by atoms with van der Waals surface area (Å²) in [6, 6.07) is 0. The molecule has 0 aromatic rings. The predicted molar refractivity (Wildman–Crippen MR) is 98.3 cm³/mol. The van der Waals surface area contributed by atoms with Crippen molar-refractivity contribution in [1.29, 1.82) is 0 Å². The molecule has 0 amide bonds. The Morgan fingerprint density at radius 1 is 1.26 bits per heavy atom. The summed E-state index contributed by atoms with van der Waals surface area (Å²) in [4.78, 5) is 15.0. The lowest BCUT2D eigenvalue weighted by Crippen LogP contribution is -2.76. The highest BCUT2D eigenvalue weighted by molar-refractivity contribution is 5.75. The van der Waals surface area contributed by atoms with Crippen molar-refractivity contribution in [1.82, 2.24) is 4.90 Å². The minimum absolute atomic E-state index is 0.00298. The number of allylic oxidation sites excluding steroid dienone is 1. The van der Waals surface area contributed by atoms with Crippen molar-refractivity contribution in [3.05, 3.63) is 23.3 Å². The number of aliphatic hydroxyl groups is 2. The molecule has 4 aliphatic carbocycles. The van der Waals surface area contributed by atoms with Gasteiger partial charge in [0, 0.05) is 24.9 Å². The zero-order valence-electron chi connectivity index (χ0n) is 16.1. The van der Waals surface area contributed by atoms with E-state index < -0.39 is 16.7 Å². The fourth-order valence-corrected chi connectivity index (χ4v) is 8.40. The molecule has 4 bridgehead atoms. The van der Waals surface area contributed by atoms with E-state index in [0.717, 1.165) is 38.8 Å². The number of carbonyl (C=O) groups is 1. The average molecular weight is 371 g/mol. The third-order valence-electron chi connectivity index (χ3n) is 9.28. The molecule has 6 aliphatic rings. The van der Waals surface area contributed by atoms with E-state index in [4.69, 9.17) is 4.74 Å². The van der Waals surface area contributed by atoms with Gasteiger partial charge in [0.05, 0.1) is 18.4 Å². The van der Waals surface area contributed by atoms with E-state index in [-0.39, 0.29) is 29.6 Å². The Balaban J connectivity index is 1.67. The molecule has 5 nitrogen and oxygen atoms in total. The van der Waals surface area contributed by atoms with Gasteiger partial charge in [-0.25, -0.2) is 0 Å². The minimum Gasteiger partial charge on any atom is -0.469 e. The molecule has 8 atom stereocenters. The van der Waals surface area contributed by atoms with Crippen LogP contribution in [0.5, 0.6) is 0 Å². The van der Waals surface area contributed by atoms with E-state index in [1.807, 2.05) is 6.08 Å². The van der Waals surface area contributed by atoms with Gasteiger partial charge in [0.2, 0.25) is 0 Å². The maximum atomic E-state index is 12.7.